The average Bonchev–Trinajstić information content (AvgIpc) is 2.52. The lowest BCUT2D eigenvalue weighted by molar-refractivity contribution is 0.360. The van der Waals surface area contributed by atoms with Gasteiger partial charge in [-0.3, -0.25) is 18.3 Å². The van der Waals surface area contributed by atoms with Crippen LogP contribution in [0.5, 0.6) is 0 Å². The van der Waals surface area contributed by atoms with Crippen LogP contribution in [-0.2, 0) is 21.7 Å². The van der Waals surface area contributed by atoms with Gasteiger partial charge in [0.05, 0.1) is 11.0 Å². The molecule has 0 spiro atoms. The van der Waals surface area contributed by atoms with E-state index < -0.39 is 33.5 Å². The first-order chi connectivity index (χ1) is 9.08. The number of fused-ring (bicyclic) bond motifs is 1. The van der Waals surface area contributed by atoms with E-state index in [1.54, 1.807) is 12.1 Å². The highest BCUT2D eigenvalue weighted by molar-refractivity contribution is 7.50. The standard InChI is InChI=1S/C9H12N2O7P2/c12-9-10(5-19(13,14)15)7-3-1-2-4-8(7)11(9)6-20(16,17)18/h1-4H,5-6H2,(H2,13,14,15)(H2,16,17,18). The Labute approximate surface area is 112 Å². The molecule has 0 unspecified atom stereocenters. The molecule has 2 aromatic rings. The highest BCUT2D eigenvalue weighted by Crippen LogP contribution is 2.39. The van der Waals surface area contributed by atoms with Crippen LogP contribution >= 0.6 is 15.2 Å². The first-order valence-corrected chi connectivity index (χ1v) is 8.95. The van der Waals surface area contributed by atoms with Crippen molar-refractivity contribution in [2.45, 2.75) is 12.6 Å². The summed E-state index contributed by atoms with van der Waals surface area (Å²) >= 11 is 0. The van der Waals surface area contributed by atoms with Crippen molar-refractivity contribution in [2.75, 3.05) is 0 Å². The summed E-state index contributed by atoms with van der Waals surface area (Å²) < 4.78 is 23.7. The second kappa shape index (κ2) is 4.96. The van der Waals surface area contributed by atoms with Gasteiger partial charge in [0.1, 0.15) is 12.6 Å². The highest BCUT2D eigenvalue weighted by atomic mass is 31.2. The van der Waals surface area contributed by atoms with Gasteiger partial charge >= 0.3 is 20.9 Å². The predicted molar refractivity (Wildman–Crippen MR) is 70.3 cm³/mol. The molecule has 0 aliphatic rings. The molecule has 1 aromatic heterocycles. The molecule has 1 aromatic carbocycles. The molecule has 0 saturated carbocycles. The Kier molecular flexibility index (Phi) is 3.77. The van der Waals surface area contributed by atoms with Crippen molar-refractivity contribution in [3.05, 3.63) is 34.7 Å². The number of imidazole rings is 1. The summed E-state index contributed by atoms with van der Waals surface area (Å²) in [7, 11) is -9.00. The third-order valence-corrected chi connectivity index (χ3v) is 3.88. The van der Waals surface area contributed by atoms with Crippen LogP contribution in [0, 0.1) is 0 Å². The van der Waals surface area contributed by atoms with Crippen LogP contribution in [0.25, 0.3) is 11.0 Å². The fraction of sp³-hybridized carbons (Fsp3) is 0.222. The Hall–Kier alpha value is -1.21. The van der Waals surface area contributed by atoms with E-state index in [0.29, 0.717) is 0 Å². The normalized spacial score (nSPS) is 13.0. The predicted octanol–water partition coefficient (Wildman–Crippen LogP) is 0.0734. The second-order valence-corrected chi connectivity index (χ2v) is 7.46. The van der Waals surface area contributed by atoms with Crippen LogP contribution in [-0.4, -0.2) is 28.7 Å². The average molecular weight is 322 g/mol. The third-order valence-electron chi connectivity index (χ3n) is 2.58. The molecule has 0 fully saturated rings. The summed E-state index contributed by atoms with van der Waals surface area (Å²) in [6.45, 7) is 0. The molecule has 4 N–H and O–H groups in total. The van der Waals surface area contributed by atoms with Gasteiger partial charge in [-0.25, -0.2) is 4.79 Å². The fourth-order valence-corrected chi connectivity index (χ4v) is 3.20. The van der Waals surface area contributed by atoms with Gasteiger partial charge in [-0.05, 0) is 12.1 Å². The highest BCUT2D eigenvalue weighted by Gasteiger charge is 2.24. The van der Waals surface area contributed by atoms with Gasteiger partial charge < -0.3 is 19.6 Å². The van der Waals surface area contributed by atoms with Gasteiger partial charge in [0, 0.05) is 0 Å². The van der Waals surface area contributed by atoms with E-state index in [4.69, 9.17) is 19.6 Å². The summed E-state index contributed by atoms with van der Waals surface area (Å²) in [5, 5.41) is 0. The molecule has 9 nitrogen and oxygen atoms in total. The summed E-state index contributed by atoms with van der Waals surface area (Å²) in [6.07, 6.45) is -1.69. The third kappa shape index (κ3) is 3.27. The summed E-state index contributed by atoms with van der Waals surface area (Å²) in [4.78, 5) is 48.0. The maximum Gasteiger partial charge on any atom is 0.345 e. The first kappa shape index (κ1) is 15.2. The Morgan fingerprint density at radius 2 is 1.20 bits per heavy atom. The van der Waals surface area contributed by atoms with E-state index in [9.17, 15) is 13.9 Å². The molecule has 0 saturated heterocycles. The minimum absolute atomic E-state index is 0.203. The number of para-hydroxylation sites is 2. The van der Waals surface area contributed by atoms with Crippen LogP contribution in [0.4, 0.5) is 0 Å². The monoisotopic (exact) mass is 322 g/mol. The zero-order chi connectivity index (χ0) is 15.1. The number of rotatable bonds is 4. The van der Waals surface area contributed by atoms with Gasteiger partial charge in [0.25, 0.3) is 0 Å². The van der Waals surface area contributed by atoms with Crippen molar-refractivity contribution in [3.8, 4) is 0 Å². The van der Waals surface area contributed by atoms with Crippen LogP contribution < -0.4 is 5.69 Å². The smallest absolute Gasteiger partial charge is 0.323 e. The summed E-state index contributed by atoms with van der Waals surface area (Å²) in [5.74, 6) is 0. The van der Waals surface area contributed by atoms with E-state index in [1.807, 2.05) is 0 Å². The molecule has 0 amide bonds. The summed E-state index contributed by atoms with van der Waals surface area (Å²) in [6, 6.07) is 6.00. The molecule has 0 aliphatic carbocycles. The van der Waals surface area contributed by atoms with E-state index in [1.165, 1.54) is 12.1 Å². The van der Waals surface area contributed by atoms with Crippen LogP contribution in [0.2, 0.25) is 0 Å². The first-order valence-electron chi connectivity index (χ1n) is 5.36. The molecule has 0 aliphatic heterocycles. The topological polar surface area (TPSA) is 142 Å². The van der Waals surface area contributed by atoms with Crippen LogP contribution in [0.1, 0.15) is 0 Å². The summed E-state index contributed by atoms with van der Waals surface area (Å²) in [5.41, 5.74) is -0.471. The number of aromatic nitrogens is 2. The van der Waals surface area contributed by atoms with E-state index in [2.05, 4.69) is 0 Å². The molecular formula is C9H12N2O7P2. The molecule has 1 heterocycles. The number of hydrogen-bond donors (Lipinski definition) is 4. The van der Waals surface area contributed by atoms with Crippen molar-refractivity contribution >= 4 is 26.2 Å². The van der Waals surface area contributed by atoms with Crippen molar-refractivity contribution in [2.24, 2.45) is 0 Å². The minimum Gasteiger partial charge on any atom is -0.323 e. The van der Waals surface area contributed by atoms with Crippen LogP contribution in [0.3, 0.4) is 0 Å². The fourth-order valence-electron chi connectivity index (χ4n) is 1.91. The number of benzene rings is 1. The Morgan fingerprint density at radius 3 is 1.50 bits per heavy atom. The lowest BCUT2D eigenvalue weighted by Gasteiger charge is -2.05. The Bertz CT molecular complexity index is 732. The largest absolute Gasteiger partial charge is 0.345 e. The lowest BCUT2D eigenvalue weighted by Crippen LogP contribution is -2.24. The Balaban J connectivity index is 2.71. The molecule has 0 bridgehead atoms. The molecule has 2 rings (SSSR count). The van der Waals surface area contributed by atoms with Gasteiger partial charge in [0.15, 0.2) is 0 Å². The van der Waals surface area contributed by atoms with Crippen molar-refractivity contribution in [1.29, 1.82) is 0 Å². The number of nitrogens with zero attached hydrogens (tertiary/aromatic N) is 2. The zero-order valence-electron chi connectivity index (χ0n) is 10.0. The molecule has 0 radical (unpaired) electrons. The molecule has 11 heteroatoms. The molecular weight excluding hydrogens is 310 g/mol. The van der Waals surface area contributed by atoms with E-state index >= 15 is 0 Å². The molecule has 0 atom stereocenters. The quantitative estimate of drug-likeness (QED) is 0.584. The van der Waals surface area contributed by atoms with Crippen LogP contribution in [0.15, 0.2) is 29.1 Å². The SMILES string of the molecule is O=c1n(CP(=O)(O)O)c2ccccc2n1CP(=O)(O)O. The molecule has 20 heavy (non-hydrogen) atoms. The maximum absolute atomic E-state index is 12.1. The number of hydrogen-bond acceptors (Lipinski definition) is 3. The van der Waals surface area contributed by atoms with Crippen molar-refractivity contribution in [1.82, 2.24) is 9.13 Å². The second-order valence-electron chi connectivity index (χ2n) is 4.24. The lowest BCUT2D eigenvalue weighted by atomic mass is 10.3. The van der Waals surface area contributed by atoms with Gasteiger partial charge in [0.2, 0.25) is 0 Å². The maximum atomic E-state index is 12.1. The minimum atomic E-state index is -4.50. The van der Waals surface area contributed by atoms with Gasteiger partial charge in [-0.1, -0.05) is 12.1 Å². The van der Waals surface area contributed by atoms with Crippen molar-refractivity contribution in [3.63, 3.8) is 0 Å². The van der Waals surface area contributed by atoms with Gasteiger partial charge in [-0.15, -0.1) is 0 Å². The zero-order valence-corrected chi connectivity index (χ0v) is 11.8. The Morgan fingerprint density at radius 1 is 0.850 bits per heavy atom. The molecule has 110 valence electrons. The van der Waals surface area contributed by atoms with Gasteiger partial charge in [-0.2, -0.15) is 0 Å². The van der Waals surface area contributed by atoms with E-state index in [-0.39, 0.29) is 11.0 Å². The van der Waals surface area contributed by atoms with E-state index in [0.717, 1.165) is 9.13 Å². The van der Waals surface area contributed by atoms with Crippen molar-refractivity contribution < 1.29 is 28.7 Å².